The summed E-state index contributed by atoms with van der Waals surface area (Å²) in [6, 6.07) is 10.7. The van der Waals surface area contributed by atoms with Gasteiger partial charge in [0.1, 0.15) is 0 Å². The number of ether oxygens (including phenoxy) is 1. The average Bonchev–Trinajstić information content (AvgIpc) is 2.62. The van der Waals surface area contributed by atoms with Gasteiger partial charge in [-0.1, -0.05) is 30.3 Å². The number of carbonyl (C=O) groups excluding carboxylic acids is 1. The first-order valence-corrected chi connectivity index (χ1v) is 9.20. The van der Waals surface area contributed by atoms with Crippen LogP contribution in [-0.2, 0) is 16.0 Å². The fourth-order valence-electron chi connectivity index (χ4n) is 3.85. The lowest BCUT2D eigenvalue weighted by atomic mass is 9.89. The van der Waals surface area contributed by atoms with E-state index in [9.17, 15) is 4.79 Å². The van der Waals surface area contributed by atoms with Crippen LogP contribution in [0.5, 0.6) is 0 Å². The standard InChI is InChI=1S/C20H29NO2/c22-20(7-6-17-10-14-23-15-11-17)21-12-8-19(9-13-21)16-18-4-2-1-3-5-18/h1-5,17,19H,6-16H2. The van der Waals surface area contributed by atoms with Crippen LogP contribution in [0.1, 0.15) is 44.1 Å². The van der Waals surface area contributed by atoms with Crippen LogP contribution in [0.15, 0.2) is 30.3 Å². The largest absolute Gasteiger partial charge is 0.381 e. The minimum atomic E-state index is 0.370. The number of nitrogens with zero attached hydrogens (tertiary/aromatic N) is 1. The Morgan fingerprint density at radius 2 is 1.70 bits per heavy atom. The van der Waals surface area contributed by atoms with Crippen LogP contribution in [0.2, 0.25) is 0 Å². The second-order valence-corrected chi connectivity index (χ2v) is 7.11. The zero-order valence-electron chi connectivity index (χ0n) is 14.1. The molecule has 3 rings (SSSR count). The maximum atomic E-state index is 12.4. The van der Waals surface area contributed by atoms with Crippen molar-refractivity contribution in [3.63, 3.8) is 0 Å². The van der Waals surface area contributed by atoms with E-state index in [-0.39, 0.29) is 0 Å². The molecular weight excluding hydrogens is 286 g/mol. The van der Waals surface area contributed by atoms with Gasteiger partial charge < -0.3 is 9.64 Å². The maximum absolute atomic E-state index is 12.4. The van der Waals surface area contributed by atoms with Crippen molar-refractivity contribution >= 4 is 5.91 Å². The predicted molar refractivity (Wildman–Crippen MR) is 92.2 cm³/mol. The molecule has 2 aliphatic heterocycles. The number of carbonyl (C=O) groups is 1. The Morgan fingerprint density at radius 1 is 1.00 bits per heavy atom. The zero-order chi connectivity index (χ0) is 15.9. The van der Waals surface area contributed by atoms with Gasteiger partial charge in [0.2, 0.25) is 5.91 Å². The third-order valence-corrected chi connectivity index (χ3v) is 5.44. The van der Waals surface area contributed by atoms with Crippen molar-refractivity contribution in [1.82, 2.24) is 4.90 Å². The Bertz CT molecular complexity index is 474. The third-order valence-electron chi connectivity index (χ3n) is 5.44. The molecule has 2 aliphatic rings. The van der Waals surface area contributed by atoms with Crippen molar-refractivity contribution in [3.8, 4) is 0 Å². The molecule has 0 N–H and O–H groups in total. The first kappa shape index (κ1) is 16.5. The number of amides is 1. The first-order valence-electron chi connectivity index (χ1n) is 9.20. The van der Waals surface area contributed by atoms with Gasteiger partial charge in [-0.15, -0.1) is 0 Å². The fraction of sp³-hybridized carbons (Fsp3) is 0.650. The van der Waals surface area contributed by atoms with Crippen molar-refractivity contribution in [2.75, 3.05) is 26.3 Å². The summed E-state index contributed by atoms with van der Waals surface area (Å²) in [4.78, 5) is 14.5. The Morgan fingerprint density at radius 3 is 2.39 bits per heavy atom. The van der Waals surface area contributed by atoms with Crippen molar-refractivity contribution in [2.24, 2.45) is 11.8 Å². The molecule has 0 spiro atoms. The van der Waals surface area contributed by atoms with E-state index in [4.69, 9.17) is 4.74 Å². The summed E-state index contributed by atoms with van der Waals surface area (Å²) < 4.78 is 5.39. The number of benzene rings is 1. The van der Waals surface area contributed by atoms with Gasteiger partial charge in [0.15, 0.2) is 0 Å². The van der Waals surface area contributed by atoms with Gasteiger partial charge in [0.05, 0.1) is 0 Å². The van der Waals surface area contributed by atoms with Crippen LogP contribution < -0.4 is 0 Å². The third kappa shape index (κ3) is 5.07. The molecule has 23 heavy (non-hydrogen) atoms. The number of rotatable bonds is 5. The van der Waals surface area contributed by atoms with Crippen LogP contribution >= 0.6 is 0 Å². The first-order chi connectivity index (χ1) is 11.3. The molecule has 0 atom stereocenters. The van der Waals surface area contributed by atoms with Gasteiger partial charge in [-0.2, -0.15) is 0 Å². The molecule has 2 heterocycles. The summed E-state index contributed by atoms with van der Waals surface area (Å²) >= 11 is 0. The average molecular weight is 315 g/mol. The van der Waals surface area contributed by atoms with E-state index in [1.807, 2.05) is 0 Å². The van der Waals surface area contributed by atoms with E-state index < -0.39 is 0 Å². The normalized spacial score (nSPS) is 20.6. The molecule has 1 aromatic carbocycles. The summed E-state index contributed by atoms with van der Waals surface area (Å²) in [6.07, 6.45) is 7.50. The van der Waals surface area contributed by atoms with Crippen molar-refractivity contribution in [3.05, 3.63) is 35.9 Å². The van der Waals surface area contributed by atoms with Crippen LogP contribution in [0.3, 0.4) is 0 Å². The molecule has 126 valence electrons. The van der Waals surface area contributed by atoms with Gasteiger partial charge in [-0.3, -0.25) is 4.79 Å². The van der Waals surface area contributed by atoms with Crippen molar-refractivity contribution in [1.29, 1.82) is 0 Å². The van der Waals surface area contributed by atoms with E-state index in [0.29, 0.717) is 11.8 Å². The molecule has 0 aliphatic carbocycles. The number of hydrogen-bond acceptors (Lipinski definition) is 2. The number of hydrogen-bond donors (Lipinski definition) is 0. The topological polar surface area (TPSA) is 29.5 Å². The van der Waals surface area contributed by atoms with Crippen molar-refractivity contribution in [2.45, 2.75) is 44.9 Å². The van der Waals surface area contributed by atoms with Crippen LogP contribution in [0.4, 0.5) is 0 Å². The second-order valence-electron chi connectivity index (χ2n) is 7.11. The molecule has 2 fully saturated rings. The molecule has 0 saturated carbocycles. The van der Waals surface area contributed by atoms with Gasteiger partial charge >= 0.3 is 0 Å². The fourth-order valence-corrected chi connectivity index (χ4v) is 3.85. The molecule has 3 heteroatoms. The molecule has 2 saturated heterocycles. The van der Waals surface area contributed by atoms with Gasteiger partial charge in [0, 0.05) is 32.7 Å². The summed E-state index contributed by atoms with van der Waals surface area (Å²) in [5.41, 5.74) is 1.43. The highest BCUT2D eigenvalue weighted by atomic mass is 16.5. The lowest BCUT2D eigenvalue weighted by Gasteiger charge is -2.32. The highest BCUT2D eigenvalue weighted by Crippen LogP contribution is 2.24. The molecule has 0 aromatic heterocycles. The van der Waals surface area contributed by atoms with E-state index in [1.54, 1.807) is 0 Å². The van der Waals surface area contributed by atoms with E-state index in [1.165, 1.54) is 5.56 Å². The lowest BCUT2D eigenvalue weighted by molar-refractivity contribution is -0.133. The van der Waals surface area contributed by atoms with Gasteiger partial charge in [-0.05, 0) is 55.9 Å². The highest BCUT2D eigenvalue weighted by Gasteiger charge is 2.23. The Balaban J connectivity index is 1.37. The van der Waals surface area contributed by atoms with Crippen LogP contribution in [-0.4, -0.2) is 37.1 Å². The van der Waals surface area contributed by atoms with Crippen LogP contribution in [0.25, 0.3) is 0 Å². The number of piperidine rings is 1. The van der Waals surface area contributed by atoms with E-state index in [0.717, 1.165) is 77.2 Å². The number of likely N-dealkylation sites (tertiary alicyclic amines) is 1. The smallest absolute Gasteiger partial charge is 0.222 e. The van der Waals surface area contributed by atoms with Crippen LogP contribution in [0, 0.1) is 11.8 Å². The minimum Gasteiger partial charge on any atom is -0.381 e. The zero-order valence-corrected chi connectivity index (χ0v) is 14.1. The van der Waals surface area contributed by atoms with Gasteiger partial charge in [0.25, 0.3) is 0 Å². The second kappa shape index (κ2) is 8.49. The SMILES string of the molecule is O=C(CCC1CCOCC1)N1CCC(Cc2ccccc2)CC1. The molecule has 1 amide bonds. The Kier molecular flexibility index (Phi) is 6.09. The molecule has 1 aromatic rings. The Hall–Kier alpha value is -1.35. The predicted octanol–water partition coefficient (Wildman–Crippen LogP) is 3.67. The summed E-state index contributed by atoms with van der Waals surface area (Å²) in [5.74, 6) is 1.80. The summed E-state index contributed by atoms with van der Waals surface area (Å²) in [6.45, 7) is 3.65. The highest BCUT2D eigenvalue weighted by molar-refractivity contribution is 5.76. The molecule has 3 nitrogen and oxygen atoms in total. The van der Waals surface area contributed by atoms with Crippen molar-refractivity contribution < 1.29 is 9.53 Å². The molecular formula is C20H29NO2. The maximum Gasteiger partial charge on any atom is 0.222 e. The quantitative estimate of drug-likeness (QED) is 0.829. The lowest BCUT2D eigenvalue weighted by Crippen LogP contribution is -2.39. The molecule has 0 radical (unpaired) electrons. The monoisotopic (exact) mass is 315 g/mol. The summed E-state index contributed by atoms with van der Waals surface area (Å²) in [7, 11) is 0. The van der Waals surface area contributed by atoms with E-state index in [2.05, 4.69) is 35.2 Å². The molecule has 0 bridgehead atoms. The minimum absolute atomic E-state index is 0.370. The van der Waals surface area contributed by atoms with E-state index >= 15 is 0 Å². The Labute approximate surface area is 140 Å². The molecule has 0 unspecified atom stereocenters. The van der Waals surface area contributed by atoms with Gasteiger partial charge in [-0.25, -0.2) is 0 Å². The summed E-state index contributed by atoms with van der Waals surface area (Å²) in [5, 5.41) is 0.